The van der Waals surface area contributed by atoms with Crippen LogP contribution >= 0.6 is 0 Å². The third-order valence-corrected chi connectivity index (χ3v) is 4.37. The van der Waals surface area contributed by atoms with Crippen molar-refractivity contribution in [1.29, 1.82) is 0 Å². The number of carbonyl (C=O) groups excluding carboxylic acids is 2. The molecule has 1 aliphatic heterocycles. The smallest absolute Gasteiger partial charge is 0.254 e. The molecule has 0 bridgehead atoms. The van der Waals surface area contributed by atoms with Crippen LogP contribution in [0.1, 0.15) is 23.2 Å². The summed E-state index contributed by atoms with van der Waals surface area (Å²) in [5.74, 6) is -1.35. The number of hydrogen-bond donors (Lipinski definition) is 3. The van der Waals surface area contributed by atoms with Crippen molar-refractivity contribution in [1.82, 2.24) is 15.5 Å². The van der Waals surface area contributed by atoms with E-state index in [-0.39, 0.29) is 24.5 Å². The van der Waals surface area contributed by atoms with Crippen LogP contribution in [-0.4, -0.2) is 73.9 Å². The molecule has 0 spiro atoms. The number of benzene rings is 1. The Kier molecular flexibility index (Phi) is 8.56. The molecular weight excluding hydrogens is 365 g/mol. The Balaban J connectivity index is 1.86. The number of amides is 2. The predicted octanol–water partition coefficient (Wildman–Crippen LogP) is 0.698. The summed E-state index contributed by atoms with van der Waals surface area (Å²) in [7, 11) is 3.94. The monoisotopic (exact) mass is 393 g/mol. The van der Waals surface area contributed by atoms with E-state index in [9.17, 15) is 19.1 Å². The van der Waals surface area contributed by atoms with E-state index in [1.165, 1.54) is 18.2 Å². The second-order valence-corrected chi connectivity index (χ2v) is 6.97. The SMILES string of the molecule is CN(C)CCCNC(=O)C[C@H]1C=C[C@H](NC(=O)c2ccccc2F)[C@@H](CO)O1. The van der Waals surface area contributed by atoms with E-state index >= 15 is 0 Å². The number of nitrogens with zero attached hydrogens (tertiary/aromatic N) is 1. The van der Waals surface area contributed by atoms with Gasteiger partial charge in [-0.1, -0.05) is 24.3 Å². The zero-order chi connectivity index (χ0) is 20.5. The van der Waals surface area contributed by atoms with Gasteiger partial charge in [-0.2, -0.15) is 0 Å². The quantitative estimate of drug-likeness (QED) is 0.424. The summed E-state index contributed by atoms with van der Waals surface area (Å²) in [6, 6.07) is 5.05. The first-order valence-electron chi connectivity index (χ1n) is 9.32. The number of ether oxygens (including phenoxy) is 1. The second kappa shape index (κ2) is 10.9. The first kappa shape index (κ1) is 22.0. The van der Waals surface area contributed by atoms with E-state index < -0.39 is 30.0 Å². The summed E-state index contributed by atoms with van der Waals surface area (Å²) in [5, 5.41) is 15.1. The lowest BCUT2D eigenvalue weighted by molar-refractivity contribution is -0.125. The zero-order valence-corrected chi connectivity index (χ0v) is 16.2. The minimum atomic E-state index is -0.715. The van der Waals surface area contributed by atoms with Crippen molar-refractivity contribution >= 4 is 11.8 Å². The van der Waals surface area contributed by atoms with Gasteiger partial charge in [0.1, 0.15) is 11.9 Å². The highest BCUT2D eigenvalue weighted by atomic mass is 19.1. The summed E-state index contributed by atoms with van der Waals surface area (Å²) in [5.41, 5.74) is -0.0770. The van der Waals surface area contributed by atoms with Crippen molar-refractivity contribution in [2.24, 2.45) is 0 Å². The third kappa shape index (κ3) is 6.70. The molecule has 0 aliphatic carbocycles. The molecule has 0 radical (unpaired) electrons. The summed E-state index contributed by atoms with van der Waals surface area (Å²) in [6.45, 7) is 1.13. The number of aliphatic hydroxyl groups excluding tert-OH is 1. The number of halogens is 1. The lowest BCUT2D eigenvalue weighted by Gasteiger charge is -2.31. The summed E-state index contributed by atoms with van der Waals surface area (Å²) < 4.78 is 19.5. The summed E-state index contributed by atoms with van der Waals surface area (Å²) in [4.78, 5) is 26.3. The Labute approximate surface area is 164 Å². The molecular formula is C20H28FN3O4. The predicted molar refractivity (Wildman–Crippen MR) is 103 cm³/mol. The van der Waals surface area contributed by atoms with Crippen LogP contribution in [0.5, 0.6) is 0 Å². The van der Waals surface area contributed by atoms with Crippen LogP contribution in [0.3, 0.4) is 0 Å². The Hall–Kier alpha value is -2.29. The Morgan fingerprint density at radius 3 is 2.68 bits per heavy atom. The Bertz CT molecular complexity index is 696. The fourth-order valence-electron chi connectivity index (χ4n) is 2.89. The lowest BCUT2D eigenvalue weighted by Crippen LogP contribution is -2.49. The van der Waals surface area contributed by atoms with Crippen LogP contribution in [0.4, 0.5) is 4.39 Å². The van der Waals surface area contributed by atoms with Crippen LogP contribution < -0.4 is 10.6 Å². The van der Waals surface area contributed by atoms with Gasteiger partial charge in [0.25, 0.3) is 5.91 Å². The minimum Gasteiger partial charge on any atom is -0.394 e. The van der Waals surface area contributed by atoms with Crippen LogP contribution in [0.2, 0.25) is 0 Å². The zero-order valence-electron chi connectivity index (χ0n) is 16.2. The molecule has 154 valence electrons. The van der Waals surface area contributed by atoms with Gasteiger partial charge >= 0.3 is 0 Å². The van der Waals surface area contributed by atoms with Crippen LogP contribution in [-0.2, 0) is 9.53 Å². The van der Waals surface area contributed by atoms with Crippen molar-refractivity contribution in [3.63, 3.8) is 0 Å². The maximum atomic E-state index is 13.7. The topological polar surface area (TPSA) is 90.9 Å². The molecule has 3 N–H and O–H groups in total. The van der Waals surface area contributed by atoms with E-state index in [1.54, 1.807) is 18.2 Å². The normalized spacial score (nSPS) is 21.5. The molecule has 8 heteroatoms. The molecule has 2 rings (SSSR count). The van der Waals surface area contributed by atoms with E-state index in [1.807, 2.05) is 19.0 Å². The molecule has 0 fully saturated rings. The molecule has 1 aromatic rings. The number of hydrogen-bond acceptors (Lipinski definition) is 5. The van der Waals surface area contributed by atoms with Crippen LogP contribution in [0, 0.1) is 5.82 Å². The molecule has 1 aromatic carbocycles. The van der Waals surface area contributed by atoms with Gasteiger partial charge in [-0.15, -0.1) is 0 Å². The molecule has 2 amide bonds. The summed E-state index contributed by atoms with van der Waals surface area (Å²) in [6.07, 6.45) is 3.12. The van der Waals surface area contributed by atoms with Crippen molar-refractivity contribution in [2.75, 3.05) is 33.8 Å². The fourth-order valence-corrected chi connectivity index (χ4v) is 2.89. The van der Waals surface area contributed by atoms with Gasteiger partial charge in [0, 0.05) is 6.54 Å². The van der Waals surface area contributed by atoms with E-state index in [0.717, 1.165) is 13.0 Å². The number of carbonyl (C=O) groups is 2. The Morgan fingerprint density at radius 1 is 1.25 bits per heavy atom. The summed E-state index contributed by atoms with van der Waals surface area (Å²) >= 11 is 0. The molecule has 0 aromatic heterocycles. The molecule has 0 saturated carbocycles. The lowest BCUT2D eigenvalue weighted by atomic mass is 10.0. The van der Waals surface area contributed by atoms with Gasteiger partial charge < -0.3 is 25.4 Å². The average molecular weight is 393 g/mol. The number of nitrogens with one attached hydrogen (secondary N) is 2. The van der Waals surface area contributed by atoms with Crippen LogP contribution in [0.25, 0.3) is 0 Å². The highest BCUT2D eigenvalue weighted by Gasteiger charge is 2.29. The minimum absolute atomic E-state index is 0.0770. The largest absolute Gasteiger partial charge is 0.394 e. The maximum Gasteiger partial charge on any atom is 0.254 e. The fraction of sp³-hybridized carbons (Fsp3) is 0.500. The molecule has 28 heavy (non-hydrogen) atoms. The first-order chi connectivity index (χ1) is 13.4. The van der Waals surface area contributed by atoms with Gasteiger partial charge in [-0.25, -0.2) is 4.39 Å². The third-order valence-electron chi connectivity index (χ3n) is 4.37. The number of aliphatic hydroxyl groups is 1. The van der Waals surface area contributed by atoms with Gasteiger partial charge in [-0.05, 0) is 39.2 Å². The Morgan fingerprint density at radius 2 is 2.00 bits per heavy atom. The molecule has 1 aliphatic rings. The number of rotatable bonds is 9. The molecule has 3 atom stereocenters. The van der Waals surface area contributed by atoms with Gasteiger partial charge in [0.15, 0.2) is 0 Å². The van der Waals surface area contributed by atoms with Crippen LogP contribution in [0.15, 0.2) is 36.4 Å². The molecule has 0 unspecified atom stereocenters. The van der Waals surface area contributed by atoms with Gasteiger partial charge in [0.2, 0.25) is 5.91 Å². The average Bonchev–Trinajstić information content (AvgIpc) is 2.66. The van der Waals surface area contributed by atoms with E-state index in [0.29, 0.717) is 6.54 Å². The molecule has 7 nitrogen and oxygen atoms in total. The molecule has 1 heterocycles. The standard InChI is InChI=1S/C20H28FN3O4/c1-24(2)11-5-10-22-19(26)12-14-8-9-17(18(13-25)28-14)23-20(27)15-6-3-4-7-16(15)21/h3-4,6-9,14,17-18,25H,5,10-13H2,1-2H3,(H,22,26)(H,23,27)/t14-,17+,18-/m1/s1. The highest BCUT2D eigenvalue weighted by Crippen LogP contribution is 2.17. The van der Waals surface area contributed by atoms with Gasteiger partial charge in [-0.3, -0.25) is 9.59 Å². The van der Waals surface area contributed by atoms with Crippen molar-refractivity contribution in [3.05, 3.63) is 47.8 Å². The highest BCUT2D eigenvalue weighted by molar-refractivity contribution is 5.94. The van der Waals surface area contributed by atoms with E-state index in [2.05, 4.69) is 10.6 Å². The maximum absolute atomic E-state index is 13.7. The van der Waals surface area contributed by atoms with Crippen molar-refractivity contribution in [2.45, 2.75) is 31.1 Å². The molecule has 0 saturated heterocycles. The second-order valence-electron chi connectivity index (χ2n) is 6.97. The van der Waals surface area contributed by atoms with Crippen molar-refractivity contribution in [3.8, 4) is 0 Å². The van der Waals surface area contributed by atoms with Crippen molar-refractivity contribution < 1.29 is 23.8 Å². The van der Waals surface area contributed by atoms with E-state index in [4.69, 9.17) is 4.74 Å². The first-order valence-corrected chi connectivity index (χ1v) is 9.32. The van der Waals surface area contributed by atoms with Gasteiger partial charge in [0.05, 0.1) is 30.7 Å².